The molecule has 0 aliphatic carbocycles. The van der Waals surface area contributed by atoms with Gasteiger partial charge in [-0.25, -0.2) is 4.79 Å². The maximum Gasteiger partial charge on any atom is 0.151 e. The van der Waals surface area contributed by atoms with Gasteiger partial charge in [-0.2, -0.15) is 0 Å². The second-order valence-corrected chi connectivity index (χ2v) is 5.32. The molecule has 0 saturated carbocycles. The van der Waals surface area contributed by atoms with Crippen molar-refractivity contribution in [2.24, 2.45) is 0 Å². The van der Waals surface area contributed by atoms with Gasteiger partial charge in [-0.3, -0.25) is 0 Å². The average molecular weight is 299 g/mol. The molecule has 3 aromatic carbocycles. The standard InChI is InChI=1S/C21H17NO/c1-17-12-14-20(15-13-17)22(19-10-6-3-7-11-19)21(16-23)18-8-4-2-5-9-18/h2-15H,1H3. The van der Waals surface area contributed by atoms with Crippen LogP contribution in [0.3, 0.4) is 0 Å². The number of carbonyl (C=O) groups excluding carboxylic acids is 1. The molecule has 112 valence electrons. The molecule has 0 aromatic heterocycles. The molecule has 0 aliphatic rings. The third kappa shape index (κ3) is 3.23. The Hall–Kier alpha value is -3.09. The molecule has 3 aromatic rings. The van der Waals surface area contributed by atoms with E-state index in [4.69, 9.17) is 0 Å². The minimum atomic E-state index is 0.501. The third-order valence-electron chi connectivity index (χ3n) is 3.67. The van der Waals surface area contributed by atoms with Crippen LogP contribution in [0.25, 0.3) is 5.70 Å². The molecule has 0 amide bonds. The van der Waals surface area contributed by atoms with E-state index in [1.807, 2.05) is 96.8 Å². The Morgan fingerprint density at radius 1 is 0.739 bits per heavy atom. The van der Waals surface area contributed by atoms with Crippen LogP contribution in [0.4, 0.5) is 11.4 Å². The zero-order valence-electron chi connectivity index (χ0n) is 12.9. The molecule has 0 radical (unpaired) electrons. The molecule has 0 bridgehead atoms. The molecule has 0 heterocycles. The van der Waals surface area contributed by atoms with E-state index in [0.29, 0.717) is 5.70 Å². The highest BCUT2D eigenvalue weighted by Gasteiger charge is 2.17. The maximum atomic E-state index is 11.8. The molecule has 0 unspecified atom stereocenters. The molecule has 0 saturated heterocycles. The van der Waals surface area contributed by atoms with Crippen molar-refractivity contribution in [2.75, 3.05) is 4.90 Å². The van der Waals surface area contributed by atoms with E-state index in [1.165, 1.54) is 5.56 Å². The van der Waals surface area contributed by atoms with Gasteiger partial charge in [-0.15, -0.1) is 0 Å². The second kappa shape index (κ2) is 6.78. The van der Waals surface area contributed by atoms with E-state index in [-0.39, 0.29) is 0 Å². The van der Waals surface area contributed by atoms with Crippen molar-refractivity contribution in [1.29, 1.82) is 0 Å². The molecule has 0 N–H and O–H groups in total. The largest absolute Gasteiger partial charge is 0.301 e. The summed E-state index contributed by atoms with van der Waals surface area (Å²) in [6.45, 7) is 2.05. The summed E-state index contributed by atoms with van der Waals surface area (Å²) in [5.74, 6) is 2.12. The molecule has 23 heavy (non-hydrogen) atoms. The Bertz CT molecular complexity index is 817. The summed E-state index contributed by atoms with van der Waals surface area (Å²) < 4.78 is 0. The van der Waals surface area contributed by atoms with E-state index in [0.717, 1.165) is 16.9 Å². The van der Waals surface area contributed by atoms with Crippen LogP contribution >= 0.6 is 0 Å². The van der Waals surface area contributed by atoms with Crippen molar-refractivity contribution in [3.05, 3.63) is 96.1 Å². The minimum absolute atomic E-state index is 0.501. The summed E-state index contributed by atoms with van der Waals surface area (Å²) in [7, 11) is 0. The Balaban J connectivity index is 2.16. The van der Waals surface area contributed by atoms with Gasteiger partial charge in [0.05, 0.1) is 0 Å². The van der Waals surface area contributed by atoms with Gasteiger partial charge in [0.1, 0.15) is 5.70 Å². The first-order valence-electron chi connectivity index (χ1n) is 7.52. The zero-order chi connectivity index (χ0) is 16.1. The van der Waals surface area contributed by atoms with Crippen LogP contribution in [0, 0.1) is 6.92 Å². The van der Waals surface area contributed by atoms with Crippen LogP contribution in [0.5, 0.6) is 0 Å². The summed E-state index contributed by atoms with van der Waals surface area (Å²) in [5.41, 5.74) is 4.38. The van der Waals surface area contributed by atoms with Gasteiger partial charge < -0.3 is 4.90 Å². The molecular weight excluding hydrogens is 282 g/mol. The Kier molecular flexibility index (Phi) is 4.37. The van der Waals surface area contributed by atoms with Crippen LogP contribution in [0.15, 0.2) is 84.9 Å². The fraction of sp³-hybridized carbons (Fsp3) is 0.0476. The molecule has 2 heteroatoms. The summed E-state index contributed by atoms with van der Waals surface area (Å²) in [4.78, 5) is 13.7. The highest BCUT2D eigenvalue weighted by Crippen LogP contribution is 2.33. The Morgan fingerprint density at radius 3 is 1.83 bits per heavy atom. The lowest BCUT2D eigenvalue weighted by Crippen LogP contribution is -2.16. The lowest BCUT2D eigenvalue weighted by molar-refractivity contribution is 0.569. The fourth-order valence-corrected chi connectivity index (χ4v) is 2.51. The number of rotatable bonds is 4. The van der Waals surface area contributed by atoms with Crippen molar-refractivity contribution in [2.45, 2.75) is 6.92 Å². The predicted molar refractivity (Wildman–Crippen MR) is 95.3 cm³/mol. The van der Waals surface area contributed by atoms with Crippen molar-refractivity contribution < 1.29 is 4.79 Å². The summed E-state index contributed by atoms with van der Waals surface area (Å²) >= 11 is 0. The summed E-state index contributed by atoms with van der Waals surface area (Å²) in [5, 5.41) is 0. The van der Waals surface area contributed by atoms with Gasteiger partial charge >= 0.3 is 0 Å². The molecular formula is C21H17NO. The number of hydrogen-bond acceptors (Lipinski definition) is 2. The van der Waals surface area contributed by atoms with Gasteiger partial charge in [0.2, 0.25) is 0 Å². The van der Waals surface area contributed by atoms with E-state index >= 15 is 0 Å². The topological polar surface area (TPSA) is 20.3 Å². The molecule has 0 fully saturated rings. The van der Waals surface area contributed by atoms with Gasteiger partial charge in [0.25, 0.3) is 0 Å². The highest BCUT2D eigenvalue weighted by atomic mass is 16.1. The average Bonchev–Trinajstić information content (AvgIpc) is 2.62. The van der Waals surface area contributed by atoms with E-state index in [1.54, 1.807) is 0 Å². The van der Waals surface area contributed by atoms with Gasteiger partial charge in [-0.05, 0) is 31.2 Å². The molecule has 0 aliphatic heterocycles. The summed E-state index contributed by atoms with van der Waals surface area (Å²) in [6, 6.07) is 27.6. The van der Waals surface area contributed by atoms with Gasteiger partial charge in [0, 0.05) is 16.9 Å². The smallest absolute Gasteiger partial charge is 0.151 e. The van der Waals surface area contributed by atoms with E-state index in [9.17, 15) is 4.79 Å². The first kappa shape index (κ1) is 14.8. The van der Waals surface area contributed by atoms with Crippen molar-refractivity contribution in [3.63, 3.8) is 0 Å². The lowest BCUT2D eigenvalue weighted by atomic mass is 10.1. The van der Waals surface area contributed by atoms with E-state index in [2.05, 4.69) is 5.94 Å². The lowest BCUT2D eigenvalue weighted by Gasteiger charge is -2.25. The number of aryl methyl sites for hydroxylation is 1. The fourth-order valence-electron chi connectivity index (χ4n) is 2.51. The first-order valence-corrected chi connectivity index (χ1v) is 7.52. The normalized spacial score (nSPS) is 9.96. The highest BCUT2D eigenvalue weighted by molar-refractivity contribution is 6.00. The predicted octanol–water partition coefficient (Wildman–Crippen LogP) is 5.01. The van der Waals surface area contributed by atoms with Gasteiger partial charge in [-0.1, -0.05) is 66.2 Å². The van der Waals surface area contributed by atoms with Crippen LogP contribution in [0.2, 0.25) is 0 Å². The molecule has 0 spiro atoms. The quantitative estimate of drug-likeness (QED) is 0.631. The van der Waals surface area contributed by atoms with Crippen LogP contribution < -0.4 is 4.90 Å². The molecule has 2 nitrogen and oxygen atoms in total. The van der Waals surface area contributed by atoms with Crippen molar-refractivity contribution >= 4 is 23.0 Å². The molecule has 0 atom stereocenters. The maximum absolute atomic E-state index is 11.8. The zero-order valence-corrected chi connectivity index (χ0v) is 12.9. The minimum Gasteiger partial charge on any atom is -0.301 e. The third-order valence-corrected chi connectivity index (χ3v) is 3.67. The second-order valence-electron chi connectivity index (χ2n) is 5.32. The number of anilines is 2. The van der Waals surface area contributed by atoms with Crippen molar-refractivity contribution in [3.8, 4) is 0 Å². The van der Waals surface area contributed by atoms with Gasteiger partial charge in [0.15, 0.2) is 5.94 Å². The first-order chi connectivity index (χ1) is 11.3. The van der Waals surface area contributed by atoms with Crippen molar-refractivity contribution in [1.82, 2.24) is 0 Å². The van der Waals surface area contributed by atoms with E-state index < -0.39 is 0 Å². The van der Waals surface area contributed by atoms with Crippen LogP contribution in [-0.4, -0.2) is 5.94 Å². The SMILES string of the molecule is Cc1ccc(N(C(=C=O)c2ccccc2)c2ccccc2)cc1. The summed E-state index contributed by atoms with van der Waals surface area (Å²) in [6.07, 6.45) is 0. The number of benzene rings is 3. The number of nitrogens with zero attached hydrogens (tertiary/aromatic N) is 1. The Morgan fingerprint density at radius 2 is 1.26 bits per heavy atom. The monoisotopic (exact) mass is 299 g/mol. The number of para-hydroxylation sites is 1. The number of hydrogen-bond donors (Lipinski definition) is 0. The van der Waals surface area contributed by atoms with Crippen LogP contribution in [-0.2, 0) is 4.79 Å². The molecule has 3 rings (SSSR count). The Labute approximate surface area is 136 Å². The van der Waals surface area contributed by atoms with Crippen LogP contribution in [0.1, 0.15) is 11.1 Å².